The Kier molecular flexibility index (Phi) is 4.86. The Hall–Kier alpha value is -2.01. The third-order valence-electron chi connectivity index (χ3n) is 4.59. The molecule has 1 N–H and O–H groups in total. The van der Waals surface area contributed by atoms with Crippen LogP contribution in [-0.2, 0) is 14.3 Å². The highest BCUT2D eigenvalue weighted by molar-refractivity contribution is 6.11. The van der Waals surface area contributed by atoms with Gasteiger partial charge in [-0.05, 0) is 30.6 Å². The fourth-order valence-corrected chi connectivity index (χ4v) is 3.41. The van der Waals surface area contributed by atoms with Crippen molar-refractivity contribution in [1.82, 2.24) is 5.32 Å². The molecular formula is C18H22N2O3. The number of allylic oxidation sites excluding steroid dienone is 3. The number of aliphatic imine (C=N–C) groups is 1. The maximum atomic E-state index is 12.3. The SMILES string of the molecule is COCC1=CC(=O)NC2=CC(=NC(=O)C3CCCCC3)C=CC12. The Morgan fingerprint density at radius 2 is 2.09 bits per heavy atom. The second-order valence-electron chi connectivity index (χ2n) is 6.29. The minimum Gasteiger partial charge on any atom is -0.380 e. The predicted molar refractivity (Wildman–Crippen MR) is 87.8 cm³/mol. The van der Waals surface area contributed by atoms with E-state index in [1.165, 1.54) is 6.42 Å². The van der Waals surface area contributed by atoms with Crippen LogP contribution in [0.2, 0.25) is 0 Å². The van der Waals surface area contributed by atoms with E-state index in [1.807, 2.05) is 12.2 Å². The van der Waals surface area contributed by atoms with Gasteiger partial charge in [0.2, 0.25) is 11.8 Å². The van der Waals surface area contributed by atoms with Gasteiger partial charge in [-0.1, -0.05) is 25.3 Å². The van der Waals surface area contributed by atoms with Gasteiger partial charge in [-0.2, -0.15) is 0 Å². The van der Waals surface area contributed by atoms with Crippen LogP contribution in [0.3, 0.4) is 0 Å². The minimum absolute atomic E-state index is 0.00335. The Morgan fingerprint density at radius 3 is 2.83 bits per heavy atom. The van der Waals surface area contributed by atoms with Crippen molar-refractivity contribution in [2.45, 2.75) is 32.1 Å². The van der Waals surface area contributed by atoms with E-state index in [0.29, 0.717) is 12.3 Å². The molecule has 0 aromatic rings. The molecule has 5 nitrogen and oxygen atoms in total. The third-order valence-corrected chi connectivity index (χ3v) is 4.59. The standard InChI is InChI=1S/C18H22N2O3/c1-23-11-13-9-17(21)20-16-10-14(7-8-15(13)16)19-18(22)12-5-3-2-4-6-12/h7-10,12,15H,2-6,11H2,1H3,(H,20,21). The second kappa shape index (κ2) is 7.04. The number of rotatable bonds is 3. The smallest absolute Gasteiger partial charge is 0.249 e. The fourth-order valence-electron chi connectivity index (χ4n) is 3.41. The number of amides is 2. The molecule has 0 radical (unpaired) electrons. The van der Waals surface area contributed by atoms with Crippen LogP contribution in [0.4, 0.5) is 0 Å². The molecule has 2 aliphatic carbocycles. The van der Waals surface area contributed by atoms with Crippen molar-refractivity contribution in [1.29, 1.82) is 0 Å². The van der Waals surface area contributed by atoms with Gasteiger partial charge in [0, 0.05) is 30.7 Å². The number of nitrogens with one attached hydrogen (secondary N) is 1. The summed E-state index contributed by atoms with van der Waals surface area (Å²) in [6, 6.07) is 0. The lowest BCUT2D eigenvalue weighted by Gasteiger charge is -2.27. The molecule has 1 heterocycles. The van der Waals surface area contributed by atoms with Crippen molar-refractivity contribution < 1.29 is 14.3 Å². The maximum absolute atomic E-state index is 12.3. The predicted octanol–water partition coefficient (Wildman–Crippen LogP) is 2.31. The summed E-state index contributed by atoms with van der Waals surface area (Å²) < 4.78 is 5.16. The summed E-state index contributed by atoms with van der Waals surface area (Å²) in [6.07, 6.45) is 12.5. The van der Waals surface area contributed by atoms with Crippen LogP contribution in [-0.4, -0.2) is 31.2 Å². The van der Waals surface area contributed by atoms with E-state index >= 15 is 0 Å². The highest BCUT2D eigenvalue weighted by Crippen LogP contribution is 2.28. The molecule has 0 aromatic carbocycles. The van der Waals surface area contributed by atoms with Gasteiger partial charge in [-0.15, -0.1) is 0 Å². The lowest BCUT2D eigenvalue weighted by Crippen LogP contribution is -2.34. The molecule has 0 saturated heterocycles. The molecule has 1 fully saturated rings. The van der Waals surface area contributed by atoms with Crippen molar-refractivity contribution in [3.63, 3.8) is 0 Å². The summed E-state index contributed by atoms with van der Waals surface area (Å²) in [7, 11) is 1.61. The second-order valence-corrected chi connectivity index (χ2v) is 6.29. The first-order valence-electron chi connectivity index (χ1n) is 8.20. The number of hydrogen-bond donors (Lipinski definition) is 1. The van der Waals surface area contributed by atoms with Gasteiger partial charge >= 0.3 is 0 Å². The zero-order chi connectivity index (χ0) is 16.2. The summed E-state index contributed by atoms with van der Waals surface area (Å²) >= 11 is 0. The number of hydrogen-bond acceptors (Lipinski definition) is 3. The van der Waals surface area contributed by atoms with Crippen molar-refractivity contribution >= 4 is 17.5 Å². The molecule has 1 atom stereocenters. The minimum atomic E-state index is -0.159. The molecule has 0 aromatic heterocycles. The molecule has 23 heavy (non-hydrogen) atoms. The van der Waals surface area contributed by atoms with E-state index in [9.17, 15) is 9.59 Å². The molecule has 1 unspecified atom stereocenters. The van der Waals surface area contributed by atoms with E-state index in [1.54, 1.807) is 19.3 Å². The molecule has 1 saturated carbocycles. The van der Waals surface area contributed by atoms with Gasteiger partial charge in [0.25, 0.3) is 0 Å². The van der Waals surface area contributed by atoms with Gasteiger partial charge in [-0.25, -0.2) is 4.99 Å². The first-order chi connectivity index (χ1) is 11.2. The Labute approximate surface area is 136 Å². The average molecular weight is 314 g/mol. The highest BCUT2D eigenvalue weighted by Gasteiger charge is 2.27. The number of carbonyl (C=O) groups excluding carboxylic acids is 2. The van der Waals surface area contributed by atoms with Gasteiger partial charge in [0.05, 0.1) is 12.3 Å². The molecule has 3 aliphatic rings. The largest absolute Gasteiger partial charge is 0.380 e. The van der Waals surface area contributed by atoms with E-state index < -0.39 is 0 Å². The van der Waals surface area contributed by atoms with E-state index in [0.717, 1.165) is 37.0 Å². The van der Waals surface area contributed by atoms with Crippen LogP contribution in [0.5, 0.6) is 0 Å². The molecule has 5 heteroatoms. The molecular weight excluding hydrogens is 292 g/mol. The van der Waals surface area contributed by atoms with Crippen molar-refractivity contribution in [3.8, 4) is 0 Å². The number of methoxy groups -OCH3 is 1. The van der Waals surface area contributed by atoms with Gasteiger partial charge in [0.1, 0.15) is 0 Å². The van der Waals surface area contributed by atoms with Crippen LogP contribution >= 0.6 is 0 Å². The maximum Gasteiger partial charge on any atom is 0.249 e. The highest BCUT2D eigenvalue weighted by atomic mass is 16.5. The molecule has 0 bridgehead atoms. The summed E-state index contributed by atoms with van der Waals surface area (Å²) in [5.74, 6) is -0.135. The normalized spacial score (nSPS) is 26.4. The van der Waals surface area contributed by atoms with Gasteiger partial charge < -0.3 is 10.1 Å². The quantitative estimate of drug-likeness (QED) is 0.869. The summed E-state index contributed by atoms with van der Waals surface area (Å²) in [4.78, 5) is 28.3. The Morgan fingerprint density at radius 1 is 1.30 bits per heavy atom. The number of nitrogens with zero attached hydrogens (tertiary/aromatic N) is 1. The lowest BCUT2D eigenvalue weighted by atomic mass is 9.87. The Bertz CT molecular complexity index is 622. The molecule has 1 aliphatic heterocycles. The third kappa shape index (κ3) is 3.67. The molecule has 3 rings (SSSR count). The van der Waals surface area contributed by atoms with Crippen LogP contribution in [0.25, 0.3) is 0 Å². The molecule has 2 amide bonds. The van der Waals surface area contributed by atoms with Crippen molar-refractivity contribution in [2.75, 3.05) is 13.7 Å². The summed E-state index contributed by atoms with van der Waals surface area (Å²) in [5, 5.41) is 2.84. The number of ether oxygens (including phenoxy) is 1. The molecule has 0 spiro atoms. The van der Waals surface area contributed by atoms with Crippen molar-refractivity contribution in [3.05, 3.63) is 35.6 Å². The van der Waals surface area contributed by atoms with E-state index in [4.69, 9.17) is 4.74 Å². The van der Waals surface area contributed by atoms with Crippen LogP contribution < -0.4 is 5.32 Å². The first kappa shape index (κ1) is 15.9. The van der Waals surface area contributed by atoms with E-state index in [2.05, 4.69) is 10.3 Å². The summed E-state index contributed by atoms with van der Waals surface area (Å²) in [5.41, 5.74) is 2.30. The molecule has 122 valence electrons. The average Bonchev–Trinajstić information content (AvgIpc) is 2.55. The number of fused-ring (bicyclic) bond motifs is 1. The van der Waals surface area contributed by atoms with Crippen molar-refractivity contribution in [2.24, 2.45) is 16.8 Å². The Balaban J connectivity index is 1.76. The van der Waals surface area contributed by atoms with Crippen LogP contribution in [0.15, 0.2) is 40.6 Å². The fraction of sp³-hybridized carbons (Fsp3) is 0.500. The first-order valence-corrected chi connectivity index (χ1v) is 8.20. The van der Waals surface area contributed by atoms with Gasteiger partial charge in [-0.3, -0.25) is 9.59 Å². The number of carbonyl (C=O) groups is 2. The van der Waals surface area contributed by atoms with Crippen LogP contribution in [0.1, 0.15) is 32.1 Å². The van der Waals surface area contributed by atoms with Gasteiger partial charge in [0.15, 0.2) is 0 Å². The summed E-state index contributed by atoms with van der Waals surface area (Å²) in [6.45, 7) is 0.410. The topological polar surface area (TPSA) is 67.8 Å². The lowest BCUT2D eigenvalue weighted by molar-refractivity contribution is -0.122. The van der Waals surface area contributed by atoms with Crippen LogP contribution in [0, 0.1) is 11.8 Å². The monoisotopic (exact) mass is 314 g/mol. The zero-order valence-corrected chi connectivity index (χ0v) is 13.4. The van der Waals surface area contributed by atoms with E-state index in [-0.39, 0.29) is 23.7 Å². The zero-order valence-electron chi connectivity index (χ0n) is 13.4.